The van der Waals surface area contributed by atoms with E-state index in [2.05, 4.69) is 10.3 Å². The molecule has 1 amide bonds. The quantitative estimate of drug-likeness (QED) is 0.825. The molecule has 1 aromatic rings. The van der Waals surface area contributed by atoms with Crippen LogP contribution in [0.1, 0.15) is 37.3 Å². The molecule has 0 saturated carbocycles. The first-order valence-electron chi connectivity index (χ1n) is 7.70. The lowest BCUT2D eigenvalue weighted by atomic mass is 10.0. The highest BCUT2D eigenvalue weighted by Gasteiger charge is 2.43. The summed E-state index contributed by atoms with van der Waals surface area (Å²) in [7, 11) is -3.58. The number of primary sulfonamides is 1. The average Bonchev–Trinajstić information content (AvgIpc) is 3.02. The average molecular weight is 358 g/mol. The van der Waals surface area contributed by atoms with Gasteiger partial charge in [-0.3, -0.25) is 9.69 Å². The van der Waals surface area contributed by atoms with Crippen molar-refractivity contribution in [3.8, 4) is 0 Å². The SMILES string of the molecule is CC1(C)CC(S(N)(=O)=O)CN1CC(=O)Nc1nc2c(s1)CCC2. The lowest BCUT2D eigenvalue weighted by Gasteiger charge is -2.30. The van der Waals surface area contributed by atoms with E-state index in [1.807, 2.05) is 18.7 Å². The van der Waals surface area contributed by atoms with Crippen molar-refractivity contribution >= 4 is 32.4 Å². The number of likely N-dealkylation sites (tertiary alicyclic amines) is 1. The van der Waals surface area contributed by atoms with Crippen LogP contribution in [-0.2, 0) is 27.7 Å². The third kappa shape index (κ3) is 3.57. The summed E-state index contributed by atoms with van der Waals surface area (Å²) in [6.07, 6.45) is 3.60. The Kier molecular flexibility index (Phi) is 4.24. The molecule has 0 aromatic carbocycles. The molecule has 7 nitrogen and oxygen atoms in total. The van der Waals surface area contributed by atoms with Gasteiger partial charge in [0.05, 0.1) is 17.5 Å². The second kappa shape index (κ2) is 5.80. The standard InChI is InChI=1S/C14H22N4O3S2/c1-14(2)6-9(23(15,20)21)7-18(14)8-12(19)17-13-16-10-4-3-5-11(10)22-13/h9H,3-8H2,1-2H3,(H2,15,20,21)(H,16,17,19). The summed E-state index contributed by atoms with van der Waals surface area (Å²) in [5, 5.41) is 8.11. The van der Waals surface area contributed by atoms with Crippen molar-refractivity contribution in [1.29, 1.82) is 0 Å². The van der Waals surface area contributed by atoms with Crippen molar-refractivity contribution in [2.75, 3.05) is 18.4 Å². The molecule has 0 spiro atoms. The van der Waals surface area contributed by atoms with E-state index in [1.54, 1.807) is 0 Å². The van der Waals surface area contributed by atoms with Crippen molar-refractivity contribution in [3.05, 3.63) is 10.6 Å². The minimum atomic E-state index is -3.58. The zero-order valence-corrected chi connectivity index (χ0v) is 15.0. The van der Waals surface area contributed by atoms with Gasteiger partial charge in [-0.15, -0.1) is 11.3 Å². The monoisotopic (exact) mass is 358 g/mol. The fourth-order valence-corrected chi connectivity index (χ4v) is 5.41. The van der Waals surface area contributed by atoms with Crippen LogP contribution in [0, 0.1) is 0 Å². The maximum Gasteiger partial charge on any atom is 0.240 e. The normalized spacial score (nSPS) is 23.9. The van der Waals surface area contributed by atoms with Crippen LogP contribution in [0.5, 0.6) is 0 Å². The number of nitrogens with zero attached hydrogens (tertiary/aromatic N) is 2. The van der Waals surface area contributed by atoms with Gasteiger partial charge >= 0.3 is 0 Å². The number of rotatable bonds is 4. The summed E-state index contributed by atoms with van der Waals surface area (Å²) in [6, 6.07) is 0. The molecular formula is C14H22N4O3S2. The maximum absolute atomic E-state index is 12.3. The molecule has 1 fully saturated rings. The second-order valence-corrected chi connectivity index (χ2v) is 9.83. The number of fused-ring (bicyclic) bond motifs is 1. The highest BCUT2D eigenvalue weighted by atomic mass is 32.2. The summed E-state index contributed by atoms with van der Waals surface area (Å²) >= 11 is 1.54. The number of carbonyl (C=O) groups excluding carboxylic acids is 1. The lowest BCUT2D eigenvalue weighted by molar-refractivity contribution is -0.118. The van der Waals surface area contributed by atoms with Crippen LogP contribution in [0.2, 0.25) is 0 Å². The maximum atomic E-state index is 12.3. The van der Waals surface area contributed by atoms with Crippen LogP contribution < -0.4 is 10.5 Å². The summed E-state index contributed by atoms with van der Waals surface area (Å²) < 4.78 is 23.1. The molecule has 2 aliphatic rings. The fraction of sp³-hybridized carbons (Fsp3) is 0.714. The lowest BCUT2D eigenvalue weighted by Crippen LogP contribution is -2.43. The number of thiazole rings is 1. The molecule has 23 heavy (non-hydrogen) atoms. The summed E-state index contributed by atoms with van der Waals surface area (Å²) in [6.45, 7) is 4.30. The molecule has 3 rings (SSSR count). The Hall–Kier alpha value is -1.03. The Labute approximate surface area is 140 Å². The van der Waals surface area contributed by atoms with Gasteiger partial charge in [-0.1, -0.05) is 0 Å². The van der Waals surface area contributed by atoms with E-state index in [1.165, 1.54) is 16.2 Å². The summed E-state index contributed by atoms with van der Waals surface area (Å²) in [4.78, 5) is 19.9. The van der Waals surface area contributed by atoms with Crippen molar-refractivity contribution < 1.29 is 13.2 Å². The van der Waals surface area contributed by atoms with Gasteiger partial charge in [0.15, 0.2) is 5.13 Å². The molecule has 1 unspecified atom stereocenters. The highest BCUT2D eigenvalue weighted by molar-refractivity contribution is 7.89. The Morgan fingerprint density at radius 1 is 1.48 bits per heavy atom. The van der Waals surface area contributed by atoms with Crippen LogP contribution in [0.3, 0.4) is 0 Å². The number of sulfonamides is 1. The first-order valence-corrected chi connectivity index (χ1v) is 10.1. The number of hydrogen-bond acceptors (Lipinski definition) is 6. The number of nitrogens with two attached hydrogens (primary N) is 1. The van der Waals surface area contributed by atoms with Gasteiger partial charge in [0, 0.05) is 17.0 Å². The van der Waals surface area contributed by atoms with Gasteiger partial charge < -0.3 is 5.32 Å². The molecule has 1 atom stereocenters. The smallest absolute Gasteiger partial charge is 0.240 e. The van der Waals surface area contributed by atoms with Crippen LogP contribution in [0.15, 0.2) is 0 Å². The second-order valence-electron chi connectivity index (χ2n) is 6.90. The molecule has 1 aliphatic heterocycles. The highest BCUT2D eigenvalue weighted by Crippen LogP contribution is 2.32. The molecule has 0 radical (unpaired) electrons. The largest absolute Gasteiger partial charge is 0.301 e. The predicted molar refractivity (Wildman–Crippen MR) is 89.9 cm³/mol. The predicted octanol–water partition coefficient (Wildman–Crippen LogP) is 0.712. The Balaban J connectivity index is 1.63. The number of aryl methyl sites for hydroxylation is 2. The molecule has 0 bridgehead atoms. The Morgan fingerprint density at radius 3 is 2.83 bits per heavy atom. The molecule has 1 aliphatic carbocycles. The Bertz CT molecular complexity index is 705. The van der Waals surface area contributed by atoms with Crippen molar-refractivity contribution in [2.24, 2.45) is 5.14 Å². The Morgan fingerprint density at radius 2 is 2.22 bits per heavy atom. The van der Waals surface area contributed by atoms with E-state index < -0.39 is 15.3 Å². The number of amides is 1. The minimum absolute atomic E-state index is 0.142. The number of carbonyl (C=O) groups is 1. The summed E-state index contributed by atoms with van der Waals surface area (Å²) in [5.74, 6) is -0.166. The fourth-order valence-electron chi connectivity index (χ4n) is 3.32. The number of hydrogen-bond donors (Lipinski definition) is 2. The van der Waals surface area contributed by atoms with E-state index in [4.69, 9.17) is 5.14 Å². The van der Waals surface area contributed by atoms with Gasteiger partial charge in [0.25, 0.3) is 0 Å². The van der Waals surface area contributed by atoms with Crippen LogP contribution in [0.4, 0.5) is 5.13 Å². The topological polar surface area (TPSA) is 105 Å². The molecule has 9 heteroatoms. The van der Waals surface area contributed by atoms with Gasteiger partial charge in [0.2, 0.25) is 15.9 Å². The molecule has 3 N–H and O–H groups in total. The first kappa shape index (κ1) is 16.8. The van der Waals surface area contributed by atoms with Gasteiger partial charge in [-0.2, -0.15) is 0 Å². The third-order valence-corrected chi connectivity index (χ3v) is 6.97. The third-order valence-electron chi connectivity index (χ3n) is 4.65. The van der Waals surface area contributed by atoms with Crippen LogP contribution in [-0.4, -0.2) is 48.1 Å². The van der Waals surface area contributed by atoms with E-state index in [9.17, 15) is 13.2 Å². The van der Waals surface area contributed by atoms with Crippen molar-refractivity contribution in [2.45, 2.75) is 50.3 Å². The first-order chi connectivity index (χ1) is 10.6. The zero-order valence-electron chi connectivity index (χ0n) is 13.3. The van der Waals surface area contributed by atoms with Crippen LogP contribution >= 0.6 is 11.3 Å². The molecular weight excluding hydrogens is 336 g/mol. The van der Waals surface area contributed by atoms with E-state index >= 15 is 0 Å². The van der Waals surface area contributed by atoms with E-state index in [0.29, 0.717) is 11.6 Å². The molecule has 128 valence electrons. The zero-order chi connectivity index (χ0) is 16.8. The minimum Gasteiger partial charge on any atom is -0.301 e. The van der Waals surface area contributed by atoms with E-state index in [-0.39, 0.29) is 24.5 Å². The van der Waals surface area contributed by atoms with Gasteiger partial charge in [0.1, 0.15) is 0 Å². The van der Waals surface area contributed by atoms with Crippen molar-refractivity contribution in [3.63, 3.8) is 0 Å². The number of aromatic nitrogens is 1. The number of nitrogens with one attached hydrogen (secondary N) is 1. The van der Waals surface area contributed by atoms with Gasteiger partial charge in [-0.05, 0) is 39.5 Å². The molecule has 1 saturated heterocycles. The van der Waals surface area contributed by atoms with E-state index in [0.717, 1.165) is 25.0 Å². The molecule has 2 heterocycles. The van der Waals surface area contributed by atoms with Crippen molar-refractivity contribution in [1.82, 2.24) is 9.88 Å². The number of anilines is 1. The summed E-state index contributed by atoms with van der Waals surface area (Å²) in [5.41, 5.74) is 0.722. The van der Waals surface area contributed by atoms with Gasteiger partial charge in [-0.25, -0.2) is 18.5 Å². The van der Waals surface area contributed by atoms with Crippen LogP contribution in [0.25, 0.3) is 0 Å². The molecule has 1 aromatic heterocycles.